The summed E-state index contributed by atoms with van der Waals surface area (Å²) in [5, 5.41) is 2.74. The fraction of sp³-hybridized carbons (Fsp3) is 0.417. The van der Waals surface area contributed by atoms with Gasteiger partial charge in [0.2, 0.25) is 5.91 Å². The Hall–Kier alpha value is -1.35. The SMILES string of the molecule is CC(=O)Nc1ccc(C(C)CCN)cc1. The summed E-state index contributed by atoms with van der Waals surface area (Å²) in [7, 11) is 0. The summed E-state index contributed by atoms with van der Waals surface area (Å²) in [6.07, 6.45) is 0.986. The van der Waals surface area contributed by atoms with E-state index in [0.717, 1.165) is 12.1 Å². The first-order valence-electron chi connectivity index (χ1n) is 5.21. The van der Waals surface area contributed by atoms with Crippen molar-refractivity contribution in [2.24, 2.45) is 5.73 Å². The van der Waals surface area contributed by atoms with Crippen LogP contribution in [-0.2, 0) is 4.79 Å². The molecule has 1 aromatic rings. The van der Waals surface area contributed by atoms with Crippen molar-refractivity contribution in [3.63, 3.8) is 0 Å². The number of nitrogens with two attached hydrogens (primary N) is 1. The second-order valence-corrected chi connectivity index (χ2v) is 3.78. The van der Waals surface area contributed by atoms with Gasteiger partial charge >= 0.3 is 0 Å². The van der Waals surface area contributed by atoms with Gasteiger partial charge in [0.1, 0.15) is 0 Å². The van der Waals surface area contributed by atoms with Gasteiger partial charge in [-0.3, -0.25) is 4.79 Å². The van der Waals surface area contributed by atoms with Crippen molar-refractivity contribution >= 4 is 11.6 Å². The van der Waals surface area contributed by atoms with Gasteiger partial charge in [-0.15, -0.1) is 0 Å². The molecule has 0 radical (unpaired) electrons. The predicted octanol–water partition coefficient (Wildman–Crippen LogP) is 2.10. The van der Waals surface area contributed by atoms with E-state index in [2.05, 4.69) is 12.2 Å². The van der Waals surface area contributed by atoms with Gasteiger partial charge in [-0.05, 0) is 36.6 Å². The van der Waals surface area contributed by atoms with Crippen molar-refractivity contribution in [2.45, 2.75) is 26.2 Å². The molecule has 0 heterocycles. The normalized spacial score (nSPS) is 12.2. The quantitative estimate of drug-likeness (QED) is 0.792. The van der Waals surface area contributed by atoms with Gasteiger partial charge in [-0.25, -0.2) is 0 Å². The zero-order valence-electron chi connectivity index (χ0n) is 9.29. The highest BCUT2D eigenvalue weighted by molar-refractivity contribution is 5.88. The zero-order chi connectivity index (χ0) is 11.3. The molecule has 1 aromatic carbocycles. The highest BCUT2D eigenvalue weighted by Crippen LogP contribution is 2.20. The maximum Gasteiger partial charge on any atom is 0.221 e. The molecule has 0 spiro atoms. The summed E-state index contributed by atoms with van der Waals surface area (Å²) in [6.45, 7) is 4.36. The van der Waals surface area contributed by atoms with Crippen molar-refractivity contribution in [3.05, 3.63) is 29.8 Å². The van der Waals surface area contributed by atoms with Crippen LogP contribution < -0.4 is 11.1 Å². The Labute approximate surface area is 90.7 Å². The van der Waals surface area contributed by atoms with Crippen LogP contribution in [0.1, 0.15) is 31.7 Å². The average molecular weight is 206 g/mol. The van der Waals surface area contributed by atoms with Crippen molar-refractivity contribution in [3.8, 4) is 0 Å². The lowest BCUT2D eigenvalue weighted by atomic mass is 9.98. The highest BCUT2D eigenvalue weighted by atomic mass is 16.1. The van der Waals surface area contributed by atoms with Gasteiger partial charge in [-0.1, -0.05) is 19.1 Å². The van der Waals surface area contributed by atoms with Gasteiger partial charge in [-0.2, -0.15) is 0 Å². The van der Waals surface area contributed by atoms with E-state index in [1.165, 1.54) is 12.5 Å². The number of hydrogen-bond acceptors (Lipinski definition) is 2. The maximum absolute atomic E-state index is 10.8. The minimum Gasteiger partial charge on any atom is -0.330 e. The lowest BCUT2D eigenvalue weighted by Gasteiger charge is -2.11. The Morgan fingerprint density at radius 3 is 2.47 bits per heavy atom. The maximum atomic E-state index is 10.8. The van der Waals surface area contributed by atoms with E-state index in [4.69, 9.17) is 5.73 Å². The number of nitrogens with one attached hydrogen (secondary N) is 1. The number of carbonyl (C=O) groups excluding carboxylic acids is 1. The standard InChI is InChI=1S/C12H18N2O/c1-9(7-8-13)11-3-5-12(6-4-11)14-10(2)15/h3-6,9H,7-8,13H2,1-2H3,(H,14,15). The molecule has 0 aromatic heterocycles. The van der Waals surface area contributed by atoms with E-state index in [0.29, 0.717) is 12.5 Å². The Morgan fingerprint density at radius 1 is 1.40 bits per heavy atom. The van der Waals surface area contributed by atoms with Crippen LogP contribution in [0.5, 0.6) is 0 Å². The third-order valence-electron chi connectivity index (χ3n) is 2.40. The molecule has 1 unspecified atom stereocenters. The molecule has 0 aliphatic carbocycles. The molecular weight excluding hydrogens is 188 g/mol. The van der Waals surface area contributed by atoms with E-state index in [-0.39, 0.29) is 5.91 Å². The fourth-order valence-electron chi connectivity index (χ4n) is 1.51. The van der Waals surface area contributed by atoms with Gasteiger partial charge in [0.15, 0.2) is 0 Å². The summed E-state index contributed by atoms with van der Waals surface area (Å²) in [5.74, 6) is 0.430. The van der Waals surface area contributed by atoms with Gasteiger partial charge in [0.25, 0.3) is 0 Å². The minimum atomic E-state index is -0.0437. The second-order valence-electron chi connectivity index (χ2n) is 3.78. The molecule has 82 valence electrons. The molecule has 15 heavy (non-hydrogen) atoms. The Bertz CT molecular complexity index is 319. The summed E-state index contributed by atoms with van der Waals surface area (Å²) < 4.78 is 0. The largest absolute Gasteiger partial charge is 0.330 e. The van der Waals surface area contributed by atoms with Crippen LogP contribution in [0.4, 0.5) is 5.69 Å². The molecular formula is C12H18N2O. The Balaban J connectivity index is 2.67. The second kappa shape index (κ2) is 5.51. The van der Waals surface area contributed by atoms with Crippen LogP contribution in [0.2, 0.25) is 0 Å². The highest BCUT2D eigenvalue weighted by Gasteiger charge is 2.04. The van der Waals surface area contributed by atoms with Crippen LogP contribution in [0.3, 0.4) is 0 Å². The Kier molecular flexibility index (Phi) is 4.31. The molecule has 3 N–H and O–H groups in total. The summed E-state index contributed by atoms with van der Waals surface area (Å²) in [6, 6.07) is 7.91. The number of rotatable bonds is 4. The molecule has 1 rings (SSSR count). The molecule has 0 saturated heterocycles. The molecule has 3 nitrogen and oxygen atoms in total. The third kappa shape index (κ3) is 3.72. The molecule has 1 amide bonds. The summed E-state index contributed by atoms with van der Waals surface area (Å²) >= 11 is 0. The van der Waals surface area contributed by atoms with Gasteiger partial charge in [0.05, 0.1) is 0 Å². The molecule has 1 atom stereocenters. The predicted molar refractivity (Wildman–Crippen MR) is 62.8 cm³/mol. The molecule has 0 fully saturated rings. The number of benzene rings is 1. The van der Waals surface area contributed by atoms with Crippen LogP contribution >= 0.6 is 0 Å². The summed E-state index contributed by atoms with van der Waals surface area (Å²) in [5.41, 5.74) is 7.60. The Morgan fingerprint density at radius 2 is 2.00 bits per heavy atom. The van der Waals surface area contributed by atoms with Gasteiger partial charge in [0, 0.05) is 12.6 Å². The first-order valence-corrected chi connectivity index (χ1v) is 5.21. The van der Waals surface area contributed by atoms with E-state index >= 15 is 0 Å². The third-order valence-corrected chi connectivity index (χ3v) is 2.40. The molecule has 0 aliphatic rings. The molecule has 3 heteroatoms. The smallest absolute Gasteiger partial charge is 0.221 e. The van der Waals surface area contributed by atoms with Crippen molar-refractivity contribution < 1.29 is 4.79 Å². The lowest BCUT2D eigenvalue weighted by Crippen LogP contribution is -2.06. The van der Waals surface area contributed by atoms with Crippen LogP contribution in [0, 0.1) is 0 Å². The van der Waals surface area contributed by atoms with Gasteiger partial charge < -0.3 is 11.1 Å². The number of carbonyl (C=O) groups is 1. The van der Waals surface area contributed by atoms with Crippen LogP contribution in [0.15, 0.2) is 24.3 Å². The van der Waals surface area contributed by atoms with E-state index in [1.54, 1.807) is 0 Å². The fourth-order valence-corrected chi connectivity index (χ4v) is 1.51. The molecule has 0 aliphatic heterocycles. The first kappa shape index (κ1) is 11.7. The number of hydrogen-bond donors (Lipinski definition) is 2. The topological polar surface area (TPSA) is 55.1 Å². The monoisotopic (exact) mass is 206 g/mol. The van der Waals surface area contributed by atoms with Crippen LogP contribution in [0.25, 0.3) is 0 Å². The zero-order valence-corrected chi connectivity index (χ0v) is 9.29. The van der Waals surface area contributed by atoms with Crippen molar-refractivity contribution in [1.82, 2.24) is 0 Å². The van der Waals surface area contributed by atoms with Crippen LogP contribution in [-0.4, -0.2) is 12.5 Å². The van der Waals surface area contributed by atoms with E-state index in [9.17, 15) is 4.79 Å². The average Bonchev–Trinajstić information content (AvgIpc) is 2.18. The van der Waals surface area contributed by atoms with E-state index in [1.807, 2.05) is 24.3 Å². The summed E-state index contributed by atoms with van der Waals surface area (Å²) in [4.78, 5) is 10.8. The van der Waals surface area contributed by atoms with E-state index < -0.39 is 0 Å². The number of anilines is 1. The first-order chi connectivity index (χ1) is 7.13. The molecule has 0 saturated carbocycles. The minimum absolute atomic E-state index is 0.0437. The van der Waals surface area contributed by atoms with Crippen molar-refractivity contribution in [1.29, 1.82) is 0 Å². The van der Waals surface area contributed by atoms with Crippen molar-refractivity contribution in [2.75, 3.05) is 11.9 Å². The lowest BCUT2D eigenvalue weighted by molar-refractivity contribution is -0.114. The number of amides is 1. The molecule has 0 bridgehead atoms.